The number of nitrogens with zero attached hydrogens (tertiary/aromatic N) is 2. The first-order valence-corrected chi connectivity index (χ1v) is 11.9. The largest absolute Gasteiger partial charge is 0.307 e. The number of nitrogens with one attached hydrogen (secondary N) is 1. The van der Waals surface area contributed by atoms with Gasteiger partial charge in [-0.15, -0.1) is 0 Å². The first-order valence-electron chi connectivity index (χ1n) is 11.9. The van der Waals surface area contributed by atoms with Gasteiger partial charge >= 0.3 is 0 Å². The molecule has 1 amide bonds. The van der Waals surface area contributed by atoms with Crippen molar-refractivity contribution in [2.24, 2.45) is 4.99 Å². The molecule has 0 radical (unpaired) electrons. The Morgan fingerprint density at radius 2 is 1.64 bits per heavy atom. The number of hydrogen-bond donors (Lipinski definition) is 1. The number of amidine groups is 1. The van der Waals surface area contributed by atoms with Crippen LogP contribution in [-0.2, 0) is 4.79 Å². The first-order chi connectivity index (χ1) is 13.6. The minimum absolute atomic E-state index is 0.0544. The van der Waals surface area contributed by atoms with E-state index in [2.05, 4.69) is 38.2 Å². The molecule has 162 valence electrons. The maximum absolute atomic E-state index is 11.5. The van der Waals surface area contributed by atoms with Gasteiger partial charge in [-0.2, -0.15) is 0 Å². The Bertz CT molecular complexity index is 486. The number of carbonyl (C=O) groups excluding carboxylic acids is 1. The van der Waals surface area contributed by atoms with Crippen LogP contribution in [0.3, 0.4) is 0 Å². The maximum atomic E-state index is 11.5. The average molecular weight is 393 g/mol. The van der Waals surface area contributed by atoms with Gasteiger partial charge in [0.25, 0.3) is 0 Å². The van der Waals surface area contributed by atoms with Crippen LogP contribution in [0.2, 0.25) is 0 Å². The summed E-state index contributed by atoms with van der Waals surface area (Å²) >= 11 is 0. The van der Waals surface area contributed by atoms with Crippen molar-refractivity contribution in [3.05, 3.63) is 12.2 Å². The smallest absolute Gasteiger partial charge is 0.221 e. The van der Waals surface area contributed by atoms with Crippen molar-refractivity contribution < 1.29 is 9.28 Å². The highest BCUT2D eigenvalue weighted by molar-refractivity contribution is 5.78. The number of hydrogen-bond acceptors (Lipinski definition) is 2. The minimum Gasteiger partial charge on any atom is -0.307 e. The van der Waals surface area contributed by atoms with E-state index >= 15 is 0 Å². The molecule has 0 spiro atoms. The van der Waals surface area contributed by atoms with Crippen LogP contribution >= 0.6 is 0 Å². The SMILES string of the molecule is CCCCCCC/C=C/CCCCCCC1=NCC[N+]1(CC)C(C)NC(C)=O. The summed E-state index contributed by atoms with van der Waals surface area (Å²) < 4.78 is 0.848. The minimum atomic E-state index is 0.0544. The summed E-state index contributed by atoms with van der Waals surface area (Å²) in [5, 5.41) is 3.10. The molecule has 0 saturated heterocycles. The number of quaternary nitrogens is 1. The van der Waals surface area contributed by atoms with Crippen LogP contribution in [-0.4, -0.2) is 42.0 Å². The van der Waals surface area contributed by atoms with Crippen LogP contribution in [0.25, 0.3) is 0 Å². The number of rotatable bonds is 16. The number of aliphatic imine (C=N–C) groups is 1. The van der Waals surface area contributed by atoms with Crippen molar-refractivity contribution in [3.63, 3.8) is 0 Å². The monoisotopic (exact) mass is 392 g/mol. The van der Waals surface area contributed by atoms with Gasteiger partial charge in [0.2, 0.25) is 5.91 Å². The van der Waals surface area contributed by atoms with Gasteiger partial charge < -0.3 is 5.32 Å². The zero-order chi connectivity index (χ0) is 20.7. The predicted octanol–water partition coefficient (Wildman–Crippen LogP) is 5.97. The molecule has 0 fully saturated rings. The second kappa shape index (κ2) is 14.8. The van der Waals surface area contributed by atoms with Crippen molar-refractivity contribution in [3.8, 4) is 0 Å². The standard InChI is InChI=1S/C24H45N3O/c1-5-7-8-9-10-11-12-13-14-15-16-17-18-19-24-25-20-21-27(24,6-2)22(3)26-23(4)28/h12-13,22H,5-11,14-21H2,1-4H3/p+1/b13-12+. The van der Waals surface area contributed by atoms with Crippen molar-refractivity contribution >= 4 is 11.7 Å². The van der Waals surface area contributed by atoms with E-state index in [1.54, 1.807) is 6.92 Å². The number of unbranched alkanes of at least 4 members (excludes halogenated alkanes) is 9. The van der Waals surface area contributed by atoms with E-state index in [9.17, 15) is 4.79 Å². The molecule has 0 bridgehead atoms. The predicted molar refractivity (Wildman–Crippen MR) is 121 cm³/mol. The highest BCUT2D eigenvalue weighted by Crippen LogP contribution is 2.23. The van der Waals surface area contributed by atoms with Gasteiger partial charge in [-0.25, -0.2) is 4.99 Å². The third kappa shape index (κ3) is 8.89. The van der Waals surface area contributed by atoms with E-state index in [0.29, 0.717) is 0 Å². The third-order valence-electron chi connectivity index (χ3n) is 6.19. The van der Waals surface area contributed by atoms with Crippen LogP contribution < -0.4 is 5.32 Å². The second-order valence-corrected chi connectivity index (χ2v) is 8.38. The highest BCUT2D eigenvalue weighted by Gasteiger charge is 2.41. The number of likely N-dealkylation sites (N-methyl/N-ethyl adjacent to an activating group) is 1. The molecule has 2 unspecified atom stereocenters. The van der Waals surface area contributed by atoms with E-state index in [1.807, 2.05) is 0 Å². The van der Waals surface area contributed by atoms with Crippen molar-refractivity contribution in [1.82, 2.24) is 5.32 Å². The molecular weight excluding hydrogens is 346 g/mol. The Kier molecular flexibility index (Phi) is 13.1. The Labute approximate surface area is 174 Å². The van der Waals surface area contributed by atoms with Gasteiger partial charge in [-0.05, 0) is 39.0 Å². The number of carbonyl (C=O) groups is 1. The van der Waals surface area contributed by atoms with Crippen LogP contribution in [0.4, 0.5) is 0 Å². The molecule has 0 aromatic carbocycles. The Hall–Kier alpha value is -1.16. The van der Waals surface area contributed by atoms with E-state index in [1.165, 1.54) is 76.5 Å². The molecule has 0 saturated carbocycles. The summed E-state index contributed by atoms with van der Waals surface area (Å²) in [6.07, 6.45) is 20.4. The van der Waals surface area contributed by atoms with E-state index in [-0.39, 0.29) is 12.1 Å². The molecule has 4 heteroatoms. The fourth-order valence-corrected chi connectivity index (χ4v) is 4.38. The lowest BCUT2D eigenvalue weighted by molar-refractivity contribution is -0.861. The fourth-order valence-electron chi connectivity index (χ4n) is 4.38. The van der Waals surface area contributed by atoms with Crippen LogP contribution in [0, 0.1) is 0 Å². The topological polar surface area (TPSA) is 41.5 Å². The summed E-state index contributed by atoms with van der Waals surface area (Å²) in [4.78, 5) is 16.3. The van der Waals surface area contributed by atoms with Crippen molar-refractivity contribution in [2.75, 3.05) is 19.6 Å². The number of amides is 1. The van der Waals surface area contributed by atoms with Crippen molar-refractivity contribution in [2.45, 2.75) is 111 Å². The quantitative estimate of drug-likeness (QED) is 0.196. The van der Waals surface area contributed by atoms with Gasteiger partial charge in [0, 0.05) is 20.3 Å². The van der Waals surface area contributed by atoms with Gasteiger partial charge in [0.05, 0.1) is 13.1 Å². The molecule has 1 N–H and O–H groups in total. The summed E-state index contributed by atoms with van der Waals surface area (Å²) in [6, 6.07) is 0. The third-order valence-corrected chi connectivity index (χ3v) is 6.19. The molecule has 0 aromatic rings. The van der Waals surface area contributed by atoms with Gasteiger partial charge in [0.1, 0.15) is 6.54 Å². The lowest BCUT2D eigenvalue weighted by Crippen LogP contribution is -2.62. The summed E-state index contributed by atoms with van der Waals surface area (Å²) in [6.45, 7) is 11.1. The normalized spacial score (nSPS) is 20.5. The molecule has 1 aliphatic rings. The second-order valence-electron chi connectivity index (χ2n) is 8.38. The van der Waals surface area contributed by atoms with Crippen LogP contribution in [0.5, 0.6) is 0 Å². The molecule has 0 aliphatic carbocycles. The molecule has 0 aromatic heterocycles. The summed E-state index contributed by atoms with van der Waals surface area (Å²) in [5.74, 6) is 1.35. The Balaban J connectivity index is 2.15. The molecular formula is C24H46N3O+. The fraction of sp³-hybridized carbons (Fsp3) is 0.833. The van der Waals surface area contributed by atoms with Gasteiger partial charge in [-0.3, -0.25) is 9.28 Å². The van der Waals surface area contributed by atoms with Gasteiger partial charge in [-0.1, -0.05) is 57.6 Å². The zero-order valence-corrected chi connectivity index (χ0v) is 19.1. The maximum Gasteiger partial charge on any atom is 0.221 e. The van der Waals surface area contributed by atoms with E-state index < -0.39 is 0 Å². The summed E-state index contributed by atoms with van der Waals surface area (Å²) in [5.41, 5.74) is 0. The Morgan fingerprint density at radius 3 is 2.21 bits per heavy atom. The first kappa shape index (κ1) is 24.9. The molecule has 4 nitrogen and oxygen atoms in total. The molecule has 28 heavy (non-hydrogen) atoms. The summed E-state index contributed by atoms with van der Waals surface area (Å²) in [7, 11) is 0. The van der Waals surface area contributed by atoms with E-state index in [4.69, 9.17) is 4.99 Å². The van der Waals surface area contributed by atoms with Crippen LogP contribution in [0.1, 0.15) is 105 Å². The van der Waals surface area contributed by atoms with Gasteiger partial charge in [0.15, 0.2) is 12.0 Å². The van der Waals surface area contributed by atoms with Crippen LogP contribution in [0.15, 0.2) is 17.1 Å². The lowest BCUT2D eigenvalue weighted by Gasteiger charge is -2.39. The zero-order valence-electron chi connectivity index (χ0n) is 19.1. The lowest BCUT2D eigenvalue weighted by atomic mass is 10.1. The number of allylic oxidation sites excluding steroid dienone is 2. The molecule has 1 rings (SSSR count). The Morgan fingerprint density at radius 1 is 1.04 bits per heavy atom. The molecule has 1 aliphatic heterocycles. The highest BCUT2D eigenvalue weighted by atomic mass is 16.1. The average Bonchev–Trinajstić information content (AvgIpc) is 3.09. The molecule has 2 atom stereocenters. The molecule has 1 heterocycles. The van der Waals surface area contributed by atoms with E-state index in [0.717, 1.165) is 30.5 Å². The van der Waals surface area contributed by atoms with Crippen molar-refractivity contribution in [1.29, 1.82) is 0 Å².